The number of aliphatic hydroxyl groups is 1. The minimum Gasteiger partial charge on any atom is -0.550 e. The van der Waals surface area contributed by atoms with E-state index in [9.17, 15) is 19.8 Å². The molecule has 0 saturated heterocycles. The fourth-order valence-electron chi connectivity index (χ4n) is 3.23. The molecule has 0 rings (SSSR count). The number of carboxylic acids is 2. The van der Waals surface area contributed by atoms with E-state index in [2.05, 4.69) is 6.92 Å². The maximum absolute atomic E-state index is 10.8. The van der Waals surface area contributed by atoms with Crippen LogP contribution in [0.3, 0.4) is 0 Å². The summed E-state index contributed by atoms with van der Waals surface area (Å²) in [7, 11) is 0. The normalized spacial score (nSPS) is 13.0. The number of carbonyl (C=O) groups excluding carboxylic acids is 1. The van der Waals surface area contributed by atoms with Gasteiger partial charge in [-0.25, -0.2) is 0 Å². The number of unbranched alkanes of at least 4 members (excludes halogenated alkanes) is 5. The second kappa shape index (κ2) is 16.9. The van der Waals surface area contributed by atoms with Crippen LogP contribution >= 0.6 is 0 Å². The standard InChI is InChI=1S/C18H35NO5.Li/c1-2-3-4-5-6-7-12-19(15-16-20,13-8-10-17(21)22)14-9-11-18(23)24;/h20H,2-16H2,1H3,(H-,21,22,23,24);/q;+1. The molecule has 2 N–H and O–H groups in total. The SMILES string of the molecule is CCCCCCCC[N+](CCO)(CCCC(=O)[O-])CCCC(=O)O.[Li+]. The van der Waals surface area contributed by atoms with E-state index in [1.165, 1.54) is 25.7 Å². The van der Waals surface area contributed by atoms with Crippen LogP contribution in [0.4, 0.5) is 0 Å². The number of quaternary nitrogens is 1. The molecule has 0 spiro atoms. The summed E-state index contributed by atoms with van der Waals surface area (Å²) in [6.45, 7) is 4.98. The van der Waals surface area contributed by atoms with E-state index < -0.39 is 11.9 Å². The Morgan fingerprint density at radius 3 is 1.88 bits per heavy atom. The molecule has 0 aromatic heterocycles. The Hall–Kier alpha value is -0.543. The van der Waals surface area contributed by atoms with Gasteiger partial charge in [0.15, 0.2) is 0 Å². The maximum Gasteiger partial charge on any atom is 1.00 e. The minimum atomic E-state index is -1.05. The molecule has 6 nitrogen and oxygen atoms in total. The van der Waals surface area contributed by atoms with Crippen LogP contribution in [0, 0.1) is 0 Å². The van der Waals surface area contributed by atoms with E-state index >= 15 is 0 Å². The number of rotatable bonds is 17. The van der Waals surface area contributed by atoms with Crippen LogP contribution in [0.5, 0.6) is 0 Å². The number of hydrogen-bond donors (Lipinski definition) is 2. The van der Waals surface area contributed by atoms with Crippen molar-refractivity contribution in [3.8, 4) is 0 Å². The van der Waals surface area contributed by atoms with Gasteiger partial charge in [-0.1, -0.05) is 32.6 Å². The predicted octanol–water partition coefficient (Wildman–Crippen LogP) is -1.45. The average molecular weight is 352 g/mol. The molecule has 142 valence electrons. The Morgan fingerprint density at radius 1 is 0.840 bits per heavy atom. The van der Waals surface area contributed by atoms with E-state index in [0.717, 1.165) is 19.4 Å². The molecule has 0 aliphatic rings. The Morgan fingerprint density at radius 2 is 1.36 bits per heavy atom. The molecule has 0 amide bonds. The third kappa shape index (κ3) is 15.4. The molecule has 0 saturated carbocycles. The molecule has 0 aliphatic carbocycles. The maximum atomic E-state index is 10.8. The van der Waals surface area contributed by atoms with Crippen LogP contribution in [0.15, 0.2) is 0 Å². The van der Waals surface area contributed by atoms with Crippen molar-refractivity contribution in [1.29, 1.82) is 0 Å². The van der Waals surface area contributed by atoms with Gasteiger partial charge < -0.3 is 24.6 Å². The zero-order valence-corrected chi connectivity index (χ0v) is 16.2. The van der Waals surface area contributed by atoms with Crippen LogP contribution in [0.1, 0.15) is 71.1 Å². The summed E-state index contributed by atoms with van der Waals surface area (Å²) >= 11 is 0. The van der Waals surface area contributed by atoms with Crippen molar-refractivity contribution in [2.45, 2.75) is 71.1 Å². The topological polar surface area (TPSA) is 97.7 Å². The minimum absolute atomic E-state index is 0. The Kier molecular flexibility index (Phi) is 18.0. The smallest absolute Gasteiger partial charge is 0.550 e. The summed E-state index contributed by atoms with van der Waals surface area (Å²) in [5.74, 6) is -1.87. The summed E-state index contributed by atoms with van der Waals surface area (Å²) < 4.78 is 0.616. The molecule has 7 heteroatoms. The Labute approximate surface area is 164 Å². The van der Waals surface area contributed by atoms with Crippen molar-refractivity contribution in [2.75, 3.05) is 32.8 Å². The zero-order valence-electron chi connectivity index (χ0n) is 16.2. The first kappa shape index (κ1) is 26.7. The molecule has 0 aromatic rings. The van der Waals surface area contributed by atoms with Crippen LogP contribution in [-0.4, -0.2) is 59.4 Å². The van der Waals surface area contributed by atoms with Crippen molar-refractivity contribution in [3.63, 3.8) is 0 Å². The molecule has 0 radical (unpaired) electrons. The van der Waals surface area contributed by atoms with Crippen molar-refractivity contribution >= 4 is 11.9 Å². The average Bonchev–Trinajstić information content (AvgIpc) is 2.50. The molecule has 25 heavy (non-hydrogen) atoms. The van der Waals surface area contributed by atoms with Gasteiger partial charge in [0.1, 0.15) is 6.54 Å². The second-order valence-electron chi connectivity index (χ2n) is 6.70. The summed E-state index contributed by atoms with van der Waals surface area (Å²) in [5, 5.41) is 28.9. The first-order chi connectivity index (χ1) is 11.5. The molecule has 1 unspecified atom stereocenters. The van der Waals surface area contributed by atoms with Crippen LogP contribution < -0.4 is 24.0 Å². The van der Waals surface area contributed by atoms with Crippen LogP contribution in [0.2, 0.25) is 0 Å². The van der Waals surface area contributed by atoms with Gasteiger partial charge in [-0.3, -0.25) is 4.79 Å². The third-order valence-electron chi connectivity index (χ3n) is 4.60. The van der Waals surface area contributed by atoms with Crippen molar-refractivity contribution < 1.29 is 48.3 Å². The molecule has 0 aliphatic heterocycles. The van der Waals surface area contributed by atoms with Gasteiger partial charge in [0.25, 0.3) is 0 Å². The largest absolute Gasteiger partial charge is 1.00 e. The van der Waals surface area contributed by atoms with Crippen molar-refractivity contribution in [2.24, 2.45) is 0 Å². The molecular weight excluding hydrogens is 317 g/mol. The van der Waals surface area contributed by atoms with Crippen molar-refractivity contribution in [3.05, 3.63) is 0 Å². The number of carboxylic acid groups (broad SMARTS) is 2. The summed E-state index contributed by atoms with van der Waals surface area (Å²) in [5.41, 5.74) is 0. The number of carbonyl (C=O) groups is 2. The van der Waals surface area contributed by atoms with Crippen LogP contribution in [0.25, 0.3) is 0 Å². The van der Waals surface area contributed by atoms with Gasteiger partial charge in [-0.2, -0.15) is 0 Å². The number of aliphatic hydroxyl groups excluding tert-OH is 1. The first-order valence-corrected chi connectivity index (χ1v) is 9.33. The number of nitrogens with zero attached hydrogens (tertiary/aromatic N) is 1. The van der Waals surface area contributed by atoms with Crippen LogP contribution in [-0.2, 0) is 9.59 Å². The second-order valence-corrected chi connectivity index (χ2v) is 6.70. The van der Waals surface area contributed by atoms with E-state index in [1.54, 1.807) is 0 Å². The Bertz CT molecular complexity index is 332. The van der Waals surface area contributed by atoms with Gasteiger partial charge in [0.2, 0.25) is 0 Å². The Balaban J connectivity index is 0. The third-order valence-corrected chi connectivity index (χ3v) is 4.60. The monoisotopic (exact) mass is 352 g/mol. The fraction of sp³-hybridized carbons (Fsp3) is 0.889. The summed E-state index contributed by atoms with van der Waals surface area (Å²) in [6.07, 6.45) is 8.24. The van der Waals surface area contributed by atoms with Crippen molar-refractivity contribution in [1.82, 2.24) is 0 Å². The van der Waals surface area contributed by atoms with Gasteiger partial charge in [-0.15, -0.1) is 0 Å². The molecule has 0 aromatic carbocycles. The van der Waals surface area contributed by atoms with E-state index in [1.807, 2.05) is 0 Å². The summed E-state index contributed by atoms with van der Waals surface area (Å²) in [6, 6.07) is 0. The van der Waals surface area contributed by atoms with Gasteiger partial charge in [0, 0.05) is 18.8 Å². The van der Waals surface area contributed by atoms with E-state index in [-0.39, 0.29) is 38.3 Å². The number of hydrogen-bond acceptors (Lipinski definition) is 4. The van der Waals surface area contributed by atoms with E-state index in [0.29, 0.717) is 37.0 Å². The number of aliphatic carboxylic acids is 2. The van der Waals surface area contributed by atoms with E-state index in [4.69, 9.17) is 5.11 Å². The molecule has 1 atom stereocenters. The molecule has 0 bridgehead atoms. The predicted molar refractivity (Wildman–Crippen MR) is 91.3 cm³/mol. The molecular formula is C18H35LiNO5+. The van der Waals surface area contributed by atoms with Gasteiger partial charge >= 0.3 is 24.8 Å². The quantitative estimate of drug-likeness (QED) is 0.190. The van der Waals surface area contributed by atoms with Gasteiger partial charge in [-0.05, 0) is 19.3 Å². The fourth-order valence-corrected chi connectivity index (χ4v) is 3.23. The summed E-state index contributed by atoms with van der Waals surface area (Å²) in [4.78, 5) is 21.4. The first-order valence-electron chi connectivity index (χ1n) is 9.33. The zero-order chi connectivity index (χ0) is 18.3. The van der Waals surface area contributed by atoms with Gasteiger partial charge in [0.05, 0.1) is 32.7 Å². The molecule has 0 fully saturated rings. The molecule has 0 heterocycles.